The summed E-state index contributed by atoms with van der Waals surface area (Å²) in [6, 6.07) is 0. The van der Waals surface area contributed by atoms with Crippen LogP contribution in [0.25, 0.3) is 0 Å². The molecule has 0 heterocycles. The summed E-state index contributed by atoms with van der Waals surface area (Å²) in [5, 5.41) is 0. The van der Waals surface area contributed by atoms with Gasteiger partial charge >= 0.3 is 121 Å². The maximum atomic E-state index is 6.49. The second kappa shape index (κ2) is 6.70. The Morgan fingerprint density at radius 1 is 1.00 bits per heavy atom. The molecule has 0 aromatic heterocycles. The Kier molecular flexibility index (Phi) is 6.29. The molecule has 19 heavy (non-hydrogen) atoms. The molecule has 0 saturated heterocycles. The molecule has 5 heteroatoms. The standard InChI is InChI=1S/C5H5.C3H9Ge.3C2H5O.Zr/c1-2-4-5-3-1;1-4(2)3;3*1-2-3;/h1-3H,4H2;1-3H3;3*2H2,1H3;/q;;3*-1;+3. The molecule has 111 valence electrons. The van der Waals surface area contributed by atoms with Gasteiger partial charge in [-0.3, -0.25) is 0 Å². The van der Waals surface area contributed by atoms with Gasteiger partial charge in [0.25, 0.3) is 0 Å². The Balaban J connectivity index is 3.47. The van der Waals surface area contributed by atoms with Crippen LogP contribution in [0.5, 0.6) is 0 Å². The van der Waals surface area contributed by atoms with Crippen molar-refractivity contribution in [2.75, 3.05) is 19.8 Å². The average molecular weight is 409 g/mol. The van der Waals surface area contributed by atoms with Crippen molar-refractivity contribution in [3.63, 3.8) is 0 Å². The van der Waals surface area contributed by atoms with E-state index in [1.807, 2.05) is 0 Å². The minimum absolute atomic E-state index is 0.672. The Morgan fingerprint density at radius 3 is 1.74 bits per heavy atom. The van der Waals surface area contributed by atoms with Gasteiger partial charge in [-0.1, -0.05) is 0 Å². The Bertz CT molecular complexity index is 352. The quantitative estimate of drug-likeness (QED) is 0.563. The van der Waals surface area contributed by atoms with E-state index < -0.39 is 27.1 Å². The van der Waals surface area contributed by atoms with Crippen molar-refractivity contribution in [3.05, 3.63) is 21.5 Å². The molecule has 0 amide bonds. The molecule has 1 rings (SSSR count). The zero-order valence-corrected chi connectivity index (χ0v) is 17.8. The zero-order chi connectivity index (χ0) is 14.6. The van der Waals surface area contributed by atoms with Gasteiger partial charge < -0.3 is 0 Å². The molecular weight excluding hydrogens is 380 g/mol. The molecule has 0 aromatic rings. The molecule has 0 aliphatic heterocycles. The van der Waals surface area contributed by atoms with E-state index in [0.717, 1.165) is 6.42 Å². The van der Waals surface area contributed by atoms with Gasteiger partial charge in [0.05, 0.1) is 0 Å². The summed E-state index contributed by atoms with van der Waals surface area (Å²) in [6.45, 7) is 8.19. The predicted octanol–water partition coefficient (Wildman–Crippen LogP) is 4.21. The molecule has 3 nitrogen and oxygen atoms in total. The van der Waals surface area contributed by atoms with Gasteiger partial charge in [-0.25, -0.2) is 0 Å². The van der Waals surface area contributed by atoms with Crippen LogP contribution in [0.4, 0.5) is 0 Å². The van der Waals surface area contributed by atoms with Gasteiger partial charge in [0.1, 0.15) is 0 Å². The molecule has 0 aromatic carbocycles. The van der Waals surface area contributed by atoms with Crippen LogP contribution in [0.2, 0.25) is 17.3 Å². The third-order valence-corrected chi connectivity index (χ3v) is 61.3. The molecule has 0 fully saturated rings. The first-order valence-corrected chi connectivity index (χ1v) is 25.3. The molecule has 0 atom stereocenters. The Morgan fingerprint density at radius 2 is 1.47 bits per heavy atom. The first-order chi connectivity index (χ1) is 8.87. The van der Waals surface area contributed by atoms with Crippen molar-refractivity contribution >= 4 is 9.48 Å². The molecule has 1 aliphatic rings. The normalized spacial score (nSPS) is 18.2. The van der Waals surface area contributed by atoms with E-state index in [2.05, 4.69) is 56.3 Å². The van der Waals surface area contributed by atoms with Crippen LogP contribution in [0.3, 0.4) is 0 Å². The molecule has 0 bridgehead atoms. The van der Waals surface area contributed by atoms with E-state index in [9.17, 15) is 0 Å². The van der Waals surface area contributed by atoms with E-state index in [0.29, 0.717) is 19.8 Å². The summed E-state index contributed by atoms with van der Waals surface area (Å²) in [5.74, 6) is 7.14. The predicted molar refractivity (Wildman–Crippen MR) is 80.1 cm³/mol. The summed E-state index contributed by atoms with van der Waals surface area (Å²) in [5.41, 5.74) is 0. The van der Waals surface area contributed by atoms with E-state index in [1.165, 1.54) is 3.28 Å². The van der Waals surface area contributed by atoms with Gasteiger partial charge in [-0.05, 0) is 0 Å². The summed E-state index contributed by atoms with van der Waals surface area (Å²) >= 11 is -4.22. The van der Waals surface area contributed by atoms with Gasteiger partial charge in [-0.2, -0.15) is 0 Å². The van der Waals surface area contributed by atoms with Crippen molar-refractivity contribution in [1.29, 1.82) is 0 Å². The number of hydrogen-bond donors (Lipinski definition) is 0. The van der Waals surface area contributed by atoms with Crippen LogP contribution in [0, 0.1) is 0 Å². The van der Waals surface area contributed by atoms with Crippen molar-refractivity contribution in [1.82, 2.24) is 0 Å². The van der Waals surface area contributed by atoms with Crippen LogP contribution < -0.4 is 0 Å². The molecule has 0 unspecified atom stereocenters. The topological polar surface area (TPSA) is 27.7 Å². The van der Waals surface area contributed by atoms with Gasteiger partial charge in [0.2, 0.25) is 0 Å². The van der Waals surface area contributed by atoms with Crippen molar-refractivity contribution < 1.29 is 26.0 Å². The number of rotatable bonds is 8. The molecule has 0 saturated carbocycles. The van der Waals surface area contributed by atoms with Crippen molar-refractivity contribution in [2.45, 2.75) is 44.5 Å². The molecular formula is C14H29GeO3Zr. The third-order valence-electron chi connectivity index (χ3n) is 3.84. The van der Waals surface area contributed by atoms with Crippen LogP contribution in [0.1, 0.15) is 27.2 Å². The number of hydrogen-bond acceptors (Lipinski definition) is 3. The molecule has 0 radical (unpaired) electrons. The first-order valence-electron chi connectivity index (χ1n) is 7.32. The summed E-state index contributed by atoms with van der Waals surface area (Å²) in [7, 11) is -2.36. The second-order valence-corrected chi connectivity index (χ2v) is 53.7. The van der Waals surface area contributed by atoms with E-state index in [1.54, 1.807) is 0 Å². The third kappa shape index (κ3) is 2.89. The first kappa shape index (κ1) is 17.8. The van der Waals surface area contributed by atoms with E-state index in [4.69, 9.17) is 8.44 Å². The Labute approximate surface area is 120 Å². The van der Waals surface area contributed by atoms with Gasteiger partial charge in [-0.15, -0.1) is 0 Å². The van der Waals surface area contributed by atoms with Crippen molar-refractivity contribution in [3.8, 4) is 0 Å². The maximum absolute atomic E-state index is 6.49. The monoisotopic (exact) mass is 409 g/mol. The molecule has 0 N–H and O–H groups in total. The minimum atomic E-state index is -4.22. The summed E-state index contributed by atoms with van der Waals surface area (Å²) < 4.78 is 20.8. The second-order valence-electron chi connectivity index (χ2n) is 5.86. The van der Waals surface area contributed by atoms with Crippen LogP contribution in [-0.2, 0) is 26.0 Å². The van der Waals surface area contributed by atoms with E-state index >= 15 is 0 Å². The molecule has 1 aliphatic carbocycles. The molecule has 0 spiro atoms. The van der Waals surface area contributed by atoms with E-state index in [-0.39, 0.29) is 0 Å². The fourth-order valence-electron chi connectivity index (χ4n) is 3.09. The van der Waals surface area contributed by atoms with Crippen LogP contribution >= 0.6 is 0 Å². The Hall–Kier alpha value is 0.786. The fraction of sp³-hybridized carbons (Fsp3) is 0.714. The fourth-order valence-corrected chi connectivity index (χ4v) is 52.4. The summed E-state index contributed by atoms with van der Waals surface area (Å²) in [6.07, 6.45) is 7.44. The number of allylic oxidation sites excluding steroid dienone is 4. The van der Waals surface area contributed by atoms with Crippen LogP contribution in [-0.4, -0.2) is 29.3 Å². The van der Waals surface area contributed by atoms with Gasteiger partial charge in [0.15, 0.2) is 0 Å². The summed E-state index contributed by atoms with van der Waals surface area (Å²) in [4.78, 5) is 0. The van der Waals surface area contributed by atoms with Crippen LogP contribution in [0.15, 0.2) is 21.5 Å². The average Bonchev–Trinajstić information content (AvgIpc) is 2.82. The zero-order valence-electron chi connectivity index (χ0n) is 13.3. The van der Waals surface area contributed by atoms with Gasteiger partial charge in [0, 0.05) is 0 Å². The SMILES string of the molecule is CC[O][Zr]([O]CC)([O]CC)([C]1=CC=CC1)[Ge]([CH3])([CH3])[CH3]. The van der Waals surface area contributed by atoms with Crippen molar-refractivity contribution in [2.24, 2.45) is 0 Å².